The van der Waals surface area contributed by atoms with Gasteiger partial charge in [0.15, 0.2) is 11.2 Å². The lowest BCUT2D eigenvalue weighted by Crippen LogP contribution is -2.44. The fourth-order valence-electron chi connectivity index (χ4n) is 2.94. The maximum atomic E-state index is 13.0. The van der Waals surface area contributed by atoms with Crippen LogP contribution >= 0.6 is 12.4 Å². The zero-order valence-electron chi connectivity index (χ0n) is 15.0. The Kier molecular flexibility index (Phi) is 6.66. The lowest BCUT2D eigenvalue weighted by atomic mass is 10.4. The summed E-state index contributed by atoms with van der Waals surface area (Å²) < 4.78 is 8.57. The molecule has 8 nitrogen and oxygen atoms in total. The highest BCUT2D eigenvalue weighted by Crippen LogP contribution is 2.21. The van der Waals surface area contributed by atoms with Gasteiger partial charge >= 0.3 is 6.01 Å². The topological polar surface area (TPSA) is 77.2 Å². The Morgan fingerprint density at radius 1 is 1.31 bits per heavy atom. The molecular formula is C17H23ClN6O2. The molecule has 0 atom stereocenters. The van der Waals surface area contributed by atoms with Crippen molar-refractivity contribution >= 4 is 29.5 Å². The van der Waals surface area contributed by atoms with E-state index in [9.17, 15) is 4.79 Å². The molecule has 0 spiro atoms. The first kappa shape index (κ1) is 19.8. The average molecular weight is 379 g/mol. The minimum absolute atomic E-state index is 0. The lowest BCUT2D eigenvalue weighted by Gasteiger charge is -2.28. The summed E-state index contributed by atoms with van der Waals surface area (Å²) in [5, 5.41) is 3.32. The van der Waals surface area contributed by atoms with Gasteiger partial charge in [0, 0.05) is 32.7 Å². The number of nitrogens with one attached hydrogen (secondary N) is 1. The Balaban J connectivity index is 0.00000243. The van der Waals surface area contributed by atoms with E-state index < -0.39 is 0 Å². The van der Waals surface area contributed by atoms with Crippen LogP contribution in [-0.4, -0.2) is 52.4 Å². The van der Waals surface area contributed by atoms with E-state index >= 15 is 0 Å². The van der Waals surface area contributed by atoms with Gasteiger partial charge in [0.2, 0.25) is 5.95 Å². The Morgan fingerprint density at radius 2 is 2.04 bits per heavy atom. The molecule has 0 bridgehead atoms. The smallest absolute Gasteiger partial charge is 0.301 e. The normalized spacial score (nSPS) is 13.7. The van der Waals surface area contributed by atoms with Crippen molar-refractivity contribution in [2.45, 2.75) is 20.0 Å². The van der Waals surface area contributed by atoms with Crippen molar-refractivity contribution in [1.82, 2.24) is 24.4 Å². The molecule has 1 aliphatic heterocycles. The molecule has 2 aromatic heterocycles. The van der Waals surface area contributed by atoms with Crippen LogP contribution in [0.25, 0.3) is 11.2 Å². The number of hydrogen-bond acceptors (Lipinski definition) is 6. The predicted molar refractivity (Wildman–Crippen MR) is 104 cm³/mol. The maximum absolute atomic E-state index is 13.0. The Labute approximate surface area is 158 Å². The van der Waals surface area contributed by atoms with Gasteiger partial charge in [-0.25, -0.2) is 0 Å². The first-order valence-electron chi connectivity index (χ1n) is 8.22. The molecule has 9 heteroatoms. The number of piperazine rings is 1. The summed E-state index contributed by atoms with van der Waals surface area (Å²) in [5.41, 5.74) is 0.626. The summed E-state index contributed by atoms with van der Waals surface area (Å²) in [5.74, 6) is 6.64. The molecule has 26 heavy (non-hydrogen) atoms. The van der Waals surface area contributed by atoms with E-state index in [1.807, 2.05) is 4.57 Å². The number of methoxy groups -OCH3 is 1. The first-order valence-corrected chi connectivity index (χ1v) is 8.22. The number of anilines is 1. The standard InChI is InChI=1S/C17H22N6O2.ClH/c1-4-6-10-22-13-14(19-16(22)21-11-7-18-8-12-21)20-17(25-3)23(9-5-2)15(13)24;/h5,18H,2,7-12H2,1,3H3;1H. The Bertz CT molecular complexity index is 902. The third-order valence-electron chi connectivity index (χ3n) is 4.12. The number of imidazole rings is 1. The molecular weight excluding hydrogens is 356 g/mol. The summed E-state index contributed by atoms with van der Waals surface area (Å²) >= 11 is 0. The van der Waals surface area contributed by atoms with Crippen molar-refractivity contribution in [2.24, 2.45) is 0 Å². The van der Waals surface area contributed by atoms with Gasteiger partial charge in [-0.05, 0) is 6.92 Å². The summed E-state index contributed by atoms with van der Waals surface area (Å²) in [6, 6.07) is 0.232. The van der Waals surface area contributed by atoms with Crippen LogP contribution in [0.15, 0.2) is 17.4 Å². The SMILES string of the molecule is C=CCn1c(OC)nc2nc(N3CCNCC3)n(CC#CC)c2c1=O.Cl. The number of allylic oxidation sites excluding steroid dienone is 1. The van der Waals surface area contributed by atoms with Gasteiger partial charge < -0.3 is 15.0 Å². The predicted octanol–water partition coefficient (Wildman–Crippen LogP) is 0.642. The molecule has 2 aromatic rings. The first-order chi connectivity index (χ1) is 12.2. The van der Waals surface area contributed by atoms with Gasteiger partial charge in [-0.3, -0.25) is 13.9 Å². The molecule has 140 valence electrons. The summed E-state index contributed by atoms with van der Waals surface area (Å²) in [6.45, 7) is 9.58. The van der Waals surface area contributed by atoms with Crippen LogP contribution < -0.4 is 20.5 Å². The molecule has 1 saturated heterocycles. The van der Waals surface area contributed by atoms with Crippen molar-refractivity contribution in [2.75, 3.05) is 38.2 Å². The van der Waals surface area contributed by atoms with E-state index in [2.05, 4.69) is 38.6 Å². The fourth-order valence-corrected chi connectivity index (χ4v) is 2.94. The molecule has 0 saturated carbocycles. The van der Waals surface area contributed by atoms with E-state index in [1.165, 1.54) is 11.7 Å². The minimum atomic E-state index is -0.200. The highest BCUT2D eigenvalue weighted by Gasteiger charge is 2.23. The largest absolute Gasteiger partial charge is 0.468 e. The van der Waals surface area contributed by atoms with E-state index in [1.54, 1.807) is 13.0 Å². The van der Waals surface area contributed by atoms with Crippen LogP contribution in [0.5, 0.6) is 6.01 Å². The van der Waals surface area contributed by atoms with Crippen LogP contribution in [0.3, 0.4) is 0 Å². The van der Waals surface area contributed by atoms with E-state index in [0.29, 0.717) is 24.3 Å². The third kappa shape index (κ3) is 3.54. The van der Waals surface area contributed by atoms with Crippen LogP contribution in [0.2, 0.25) is 0 Å². The quantitative estimate of drug-likeness (QED) is 0.608. The molecule has 3 heterocycles. The fraction of sp³-hybridized carbons (Fsp3) is 0.471. The molecule has 0 aliphatic carbocycles. The summed E-state index contributed by atoms with van der Waals surface area (Å²) in [6.07, 6.45) is 1.64. The van der Waals surface area contributed by atoms with Crippen molar-refractivity contribution in [1.29, 1.82) is 0 Å². The molecule has 0 amide bonds. The van der Waals surface area contributed by atoms with E-state index in [0.717, 1.165) is 32.1 Å². The second-order valence-electron chi connectivity index (χ2n) is 5.64. The van der Waals surface area contributed by atoms with Gasteiger partial charge in [-0.15, -0.1) is 24.9 Å². The molecule has 1 fully saturated rings. The van der Waals surface area contributed by atoms with Crippen molar-refractivity contribution < 1.29 is 4.74 Å². The molecule has 1 aliphatic rings. The number of fused-ring (bicyclic) bond motifs is 1. The third-order valence-corrected chi connectivity index (χ3v) is 4.12. The summed E-state index contributed by atoms with van der Waals surface area (Å²) in [7, 11) is 1.49. The zero-order chi connectivity index (χ0) is 17.8. The monoisotopic (exact) mass is 378 g/mol. The van der Waals surface area contributed by atoms with E-state index in [-0.39, 0.29) is 24.0 Å². The van der Waals surface area contributed by atoms with Gasteiger partial charge in [0.05, 0.1) is 13.7 Å². The Morgan fingerprint density at radius 3 is 2.65 bits per heavy atom. The van der Waals surface area contributed by atoms with Crippen LogP contribution in [0.1, 0.15) is 6.92 Å². The number of ether oxygens (including phenoxy) is 1. The molecule has 0 aromatic carbocycles. The van der Waals surface area contributed by atoms with Gasteiger partial charge in [-0.1, -0.05) is 12.0 Å². The van der Waals surface area contributed by atoms with Crippen LogP contribution in [0.4, 0.5) is 5.95 Å². The maximum Gasteiger partial charge on any atom is 0.301 e. The summed E-state index contributed by atoms with van der Waals surface area (Å²) in [4.78, 5) is 24.2. The average Bonchev–Trinajstić information content (AvgIpc) is 3.01. The van der Waals surface area contributed by atoms with Crippen LogP contribution in [0, 0.1) is 11.8 Å². The Hall–Kier alpha value is -2.50. The number of aromatic nitrogens is 4. The van der Waals surface area contributed by atoms with E-state index in [4.69, 9.17) is 4.74 Å². The molecule has 0 unspecified atom stereocenters. The second-order valence-corrected chi connectivity index (χ2v) is 5.64. The van der Waals surface area contributed by atoms with Crippen molar-refractivity contribution in [3.8, 4) is 17.9 Å². The highest BCUT2D eigenvalue weighted by atomic mass is 35.5. The second kappa shape index (κ2) is 8.74. The minimum Gasteiger partial charge on any atom is -0.468 e. The number of hydrogen-bond donors (Lipinski definition) is 1. The van der Waals surface area contributed by atoms with Crippen molar-refractivity contribution in [3.05, 3.63) is 23.0 Å². The number of rotatable bonds is 5. The lowest BCUT2D eigenvalue weighted by molar-refractivity contribution is 0.354. The van der Waals surface area contributed by atoms with Gasteiger partial charge in [-0.2, -0.15) is 9.97 Å². The van der Waals surface area contributed by atoms with Gasteiger partial charge in [0.25, 0.3) is 5.56 Å². The zero-order valence-corrected chi connectivity index (χ0v) is 15.8. The highest BCUT2D eigenvalue weighted by molar-refractivity contribution is 5.85. The number of halogens is 1. The van der Waals surface area contributed by atoms with Crippen molar-refractivity contribution in [3.63, 3.8) is 0 Å². The molecule has 0 radical (unpaired) electrons. The number of nitrogens with zero attached hydrogens (tertiary/aromatic N) is 5. The molecule has 1 N–H and O–H groups in total. The van der Waals surface area contributed by atoms with Crippen LogP contribution in [-0.2, 0) is 13.1 Å². The molecule has 3 rings (SSSR count). The van der Waals surface area contributed by atoms with Gasteiger partial charge in [0.1, 0.15) is 0 Å².